The van der Waals surface area contributed by atoms with Crippen LogP contribution in [0.3, 0.4) is 0 Å². The molecule has 1 unspecified atom stereocenters. The molecule has 0 radical (unpaired) electrons. The Hall–Kier alpha value is -0.340. The van der Waals surface area contributed by atoms with E-state index in [1.54, 1.807) is 0 Å². The van der Waals surface area contributed by atoms with Crippen LogP contribution in [0, 0.1) is 0 Å². The second-order valence-electron chi connectivity index (χ2n) is 3.33. The Labute approximate surface area is 82.4 Å². The van der Waals surface area contributed by atoms with Crippen molar-refractivity contribution in [2.24, 2.45) is 0 Å². The van der Waals surface area contributed by atoms with Gasteiger partial charge < -0.3 is 10.1 Å². The minimum atomic E-state index is 0.619. The smallest absolute Gasteiger partial charge is 0.0591 e. The molecule has 0 aromatic heterocycles. The van der Waals surface area contributed by atoms with E-state index >= 15 is 0 Å². The molecule has 0 rings (SSSR count). The van der Waals surface area contributed by atoms with Crippen LogP contribution in [0.25, 0.3) is 0 Å². The molecule has 78 valence electrons. The summed E-state index contributed by atoms with van der Waals surface area (Å²) < 4.78 is 5.37. The van der Waals surface area contributed by atoms with Crippen molar-refractivity contribution in [1.82, 2.24) is 5.32 Å². The Bertz CT molecular complexity index is 115. The molecule has 1 N–H and O–H groups in total. The van der Waals surface area contributed by atoms with Gasteiger partial charge >= 0.3 is 0 Å². The molecule has 1 atom stereocenters. The zero-order chi connectivity index (χ0) is 9.94. The van der Waals surface area contributed by atoms with Crippen molar-refractivity contribution in [2.75, 3.05) is 19.8 Å². The summed E-state index contributed by atoms with van der Waals surface area (Å²) in [5.74, 6) is 0. The van der Waals surface area contributed by atoms with Crippen LogP contribution in [0.2, 0.25) is 0 Å². The summed E-state index contributed by atoms with van der Waals surface area (Å²) >= 11 is 0. The first-order valence-electron chi connectivity index (χ1n) is 5.23. The fraction of sp³-hybridized carbons (Fsp3) is 0.818. The molecule has 0 bridgehead atoms. The number of nitrogens with one attached hydrogen (secondary N) is 1. The first-order valence-corrected chi connectivity index (χ1v) is 5.23. The highest BCUT2D eigenvalue weighted by Crippen LogP contribution is 1.93. The topological polar surface area (TPSA) is 21.3 Å². The highest BCUT2D eigenvalue weighted by Gasteiger charge is 1.97. The van der Waals surface area contributed by atoms with E-state index < -0.39 is 0 Å². The number of ether oxygens (including phenoxy) is 1. The third-order valence-corrected chi connectivity index (χ3v) is 1.93. The molecule has 0 saturated heterocycles. The highest BCUT2D eigenvalue weighted by atomic mass is 16.5. The zero-order valence-corrected chi connectivity index (χ0v) is 9.01. The third kappa shape index (κ3) is 9.57. The van der Waals surface area contributed by atoms with Gasteiger partial charge in [-0.1, -0.05) is 19.4 Å². The minimum Gasteiger partial charge on any atom is -0.380 e. The summed E-state index contributed by atoms with van der Waals surface area (Å²) in [7, 11) is 0. The molecule has 0 aromatic rings. The molecule has 0 amide bonds. The second kappa shape index (κ2) is 9.75. The Morgan fingerprint density at radius 3 is 2.85 bits per heavy atom. The maximum atomic E-state index is 5.37. The molecule has 0 heterocycles. The highest BCUT2D eigenvalue weighted by molar-refractivity contribution is 4.64. The molecule has 0 aliphatic carbocycles. The van der Waals surface area contributed by atoms with Crippen LogP contribution in [-0.4, -0.2) is 25.8 Å². The summed E-state index contributed by atoms with van der Waals surface area (Å²) in [6, 6.07) is 0.619. The lowest BCUT2D eigenvalue weighted by molar-refractivity contribution is 0.138. The van der Waals surface area contributed by atoms with Crippen molar-refractivity contribution < 1.29 is 4.74 Å². The Morgan fingerprint density at radius 2 is 2.23 bits per heavy atom. The lowest BCUT2D eigenvalue weighted by atomic mass is 10.2. The monoisotopic (exact) mass is 185 g/mol. The van der Waals surface area contributed by atoms with Crippen LogP contribution < -0.4 is 5.32 Å². The molecule has 2 nitrogen and oxygen atoms in total. The quantitative estimate of drug-likeness (QED) is 0.440. The van der Waals surface area contributed by atoms with E-state index in [0.29, 0.717) is 6.04 Å². The number of hydrogen-bond donors (Lipinski definition) is 1. The van der Waals surface area contributed by atoms with E-state index in [1.165, 1.54) is 12.8 Å². The van der Waals surface area contributed by atoms with Crippen molar-refractivity contribution in [1.29, 1.82) is 0 Å². The van der Waals surface area contributed by atoms with Crippen LogP contribution in [0.5, 0.6) is 0 Å². The maximum absolute atomic E-state index is 5.37. The van der Waals surface area contributed by atoms with E-state index in [-0.39, 0.29) is 0 Å². The van der Waals surface area contributed by atoms with Crippen LogP contribution in [0.15, 0.2) is 12.7 Å². The van der Waals surface area contributed by atoms with Crippen molar-refractivity contribution in [2.45, 2.75) is 39.2 Å². The average Bonchev–Trinajstić information content (AvgIpc) is 2.11. The summed E-state index contributed by atoms with van der Waals surface area (Å²) in [6.45, 7) is 10.6. The van der Waals surface area contributed by atoms with Crippen LogP contribution in [-0.2, 0) is 4.74 Å². The molecule has 13 heavy (non-hydrogen) atoms. The van der Waals surface area contributed by atoms with Crippen LogP contribution in [0.1, 0.15) is 33.1 Å². The lowest BCUT2D eigenvalue weighted by Gasteiger charge is -2.12. The SMILES string of the molecule is C=CCCOCCNC(C)CCC. The Morgan fingerprint density at radius 1 is 1.46 bits per heavy atom. The normalized spacial score (nSPS) is 12.8. The standard InChI is InChI=1S/C11H23NO/c1-4-6-9-13-10-8-12-11(3)7-5-2/h4,11-12H,1,5-10H2,2-3H3. The van der Waals surface area contributed by atoms with Gasteiger partial charge in [-0.15, -0.1) is 6.58 Å². The van der Waals surface area contributed by atoms with Crippen molar-refractivity contribution in [3.8, 4) is 0 Å². The van der Waals surface area contributed by atoms with E-state index in [2.05, 4.69) is 25.7 Å². The summed E-state index contributed by atoms with van der Waals surface area (Å²) in [5.41, 5.74) is 0. The first kappa shape index (κ1) is 12.7. The van der Waals surface area contributed by atoms with Gasteiger partial charge in [0.25, 0.3) is 0 Å². The Balaban J connectivity index is 3.01. The average molecular weight is 185 g/mol. The molecule has 0 spiro atoms. The van der Waals surface area contributed by atoms with Gasteiger partial charge in [0, 0.05) is 12.6 Å². The maximum Gasteiger partial charge on any atom is 0.0591 e. The molecule has 0 aromatic carbocycles. The first-order chi connectivity index (χ1) is 6.31. The summed E-state index contributed by atoms with van der Waals surface area (Å²) in [6.07, 6.45) is 5.32. The molecule has 0 aliphatic rings. The summed E-state index contributed by atoms with van der Waals surface area (Å²) in [5, 5.41) is 3.41. The van der Waals surface area contributed by atoms with Crippen molar-refractivity contribution in [3.63, 3.8) is 0 Å². The minimum absolute atomic E-state index is 0.619. The van der Waals surface area contributed by atoms with Gasteiger partial charge in [0.15, 0.2) is 0 Å². The predicted molar refractivity (Wildman–Crippen MR) is 58.0 cm³/mol. The van der Waals surface area contributed by atoms with E-state index in [4.69, 9.17) is 4.74 Å². The largest absolute Gasteiger partial charge is 0.380 e. The third-order valence-electron chi connectivity index (χ3n) is 1.93. The fourth-order valence-corrected chi connectivity index (χ4v) is 1.18. The van der Waals surface area contributed by atoms with Gasteiger partial charge in [-0.05, 0) is 19.8 Å². The molecule has 0 aliphatic heterocycles. The van der Waals surface area contributed by atoms with Crippen LogP contribution in [0.4, 0.5) is 0 Å². The number of hydrogen-bond acceptors (Lipinski definition) is 2. The van der Waals surface area contributed by atoms with Gasteiger partial charge in [0.2, 0.25) is 0 Å². The lowest BCUT2D eigenvalue weighted by Crippen LogP contribution is -2.29. The molecular weight excluding hydrogens is 162 g/mol. The van der Waals surface area contributed by atoms with Gasteiger partial charge in [-0.25, -0.2) is 0 Å². The zero-order valence-electron chi connectivity index (χ0n) is 9.01. The van der Waals surface area contributed by atoms with Gasteiger partial charge in [0.05, 0.1) is 13.2 Å². The number of rotatable bonds is 9. The van der Waals surface area contributed by atoms with E-state index in [1.807, 2.05) is 6.08 Å². The van der Waals surface area contributed by atoms with E-state index in [9.17, 15) is 0 Å². The van der Waals surface area contributed by atoms with Gasteiger partial charge in [0.1, 0.15) is 0 Å². The fourth-order valence-electron chi connectivity index (χ4n) is 1.18. The van der Waals surface area contributed by atoms with Crippen LogP contribution >= 0.6 is 0 Å². The second-order valence-corrected chi connectivity index (χ2v) is 3.33. The van der Waals surface area contributed by atoms with E-state index in [0.717, 1.165) is 26.2 Å². The van der Waals surface area contributed by atoms with Crippen molar-refractivity contribution in [3.05, 3.63) is 12.7 Å². The van der Waals surface area contributed by atoms with Gasteiger partial charge in [-0.2, -0.15) is 0 Å². The molecule has 0 saturated carbocycles. The van der Waals surface area contributed by atoms with Gasteiger partial charge in [-0.3, -0.25) is 0 Å². The van der Waals surface area contributed by atoms with Crippen molar-refractivity contribution >= 4 is 0 Å². The molecule has 2 heteroatoms. The molecular formula is C11H23NO. The molecule has 0 fully saturated rings. The predicted octanol–water partition coefficient (Wildman–Crippen LogP) is 2.36. The summed E-state index contributed by atoms with van der Waals surface area (Å²) in [4.78, 5) is 0. The Kier molecular flexibility index (Phi) is 9.49.